The predicted molar refractivity (Wildman–Crippen MR) is 89.5 cm³/mol. The summed E-state index contributed by atoms with van der Waals surface area (Å²) >= 11 is 3.47. The molecular weight excluding hydrogens is 326 g/mol. The molecule has 1 saturated heterocycles. The molecule has 0 saturated carbocycles. The number of rotatable bonds is 4. The van der Waals surface area contributed by atoms with Gasteiger partial charge in [-0.05, 0) is 55.8 Å². The Kier molecular flexibility index (Phi) is 4.94. The van der Waals surface area contributed by atoms with Crippen LogP contribution < -0.4 is 10.1 Å². The van der Waals surface area contributed by atoms with Gasteiger partial charge >= 0.3 is 0 Å². The Morgan fingerprint density at radius 1 is 0.952 bits per heavy atom. The monoisotopic (exact) mass is 345 g/mol. The second-order valence-corrected chi connectivity index (χ2v) is 6.41. The van der Waals surface area contributed by atoms with Crippen LogP contribution >= 0.6 is 15.9 Å². The summed E-state index contributed by atoms with van der Waals surface area (Å²) in [5.74, 6) is 1.50. The fraction of sp³-hybridized carbons (Fsp3) is 0.333. The minimum atomic E-state index is 0.134. The molecule has 1 N–H and O–H groups in total. The van der Waals surface area contributed by atoms with Gasteiger partial charge in [-0.15, -0.1) is 0 Å². The number of ether oxygens (including phenoxy) is 1. The highest BCUT2D eigenvalue weighted by Crippen LogP contribution is 2.33. The second-order valence-electron chi connectivity index (χ2n) is 5.49. The first-order chi connectivity index (χ1) is 10.3. The van der Waals surface area contributed by atoms with Crippen molar-refractivity contribution in [2.24, 2.45) is 5.92 Å². The zero-order chi connectivity index (χ0) is 14.5. The first kappa shape index (κ1) is 14.6. The molecule has 2 nitrogen and oxygen atoms in total. The number of benzene rings is 2. The van der Waals surface area contributed by atoms with Crippen LogP contribution in [0.1, 0.15) is 24.5 Å². The van der Waals surface area contributed by atoms with Crippen molar-refractivity contribution >= 4 is 15.9 Å². The van der Waals surface area contributed by atoms with Crippen LogP contribution in [0.3, 0.4) is 0 Å². The Balaban J connectivity index is 1.83. The fourth-order valence-electron chi connectivity index (χ4n) is 2.89. The van der Waals surface area contributed by atoms with Gasteiger partial charge in [-0.2, -0.15) is 0 Å². The van der Waals surface area contributed by atoms with Gasteiger partial charge in [0.2, 0.25) is 0 Å². The lowest BCUT2D eigenvalue weighted by Crippen LogP contribution is -2.32. The van der Waals surface area contributed by atoms with E-state index in [0.717, 1.165) is 36.2 Å². The van der Waals surface area contributed by atoms with Crippen molar-refractivity contribution in [3.8, 4) is 5.75 Å². The molecule has 0 radical (unpaired) electrons. The molecule has 21 heavy (non-hydrogen) atoms. The van der Waals surface area contributed by atoms with Gasteiger partial charge in [-0.1, -0.05) is 46.3 Å². The van der Waals surface area contributed by atoms with E-state index in [4.69, 9.17) is 4.74 Å². The van der Waals surface area contributed by atoms with Crippen molar-refractivity contribution in [1.82, 2.24) is 5.32 Å². The third-order valence-electron chi connectivity index (χ3n) is 4.02. The molecule has 1 atom stereocenters. The Morgan fingerprint density at radius 3 is 2.29 bits per heavy atom. The van der Waals surface area contributed by atoms with Crippen molar-refractivity contribution in [2.75, 3.05) is 13.1 Å². The van der Waals surface area contributed by atoms with E-state index in [9.17, 15) is 0 Å². The maximum absolute atomic E-state index is 6.35. The molecule has 0 bridgehead atoms. The van der Waals surface area contributed by atoms with E-state index in [1.807, 2.05) is 24.3 Å². The number of piperidine rings is 1. The van der Waals surface area contributed by atoms with Crippen LogP contribution in [0.2, 0.25) is 0 Å². The molecule has 1 aliphatic rings. The molecule has 3 rings (SSSR count). The summed E-state index contributed by atoms with van der Waals surface area (Å²) in [4.78, 5) is 0. The van der Waals surface area contributed by atoms with Gasteiger partial charge in [0, 0.05) is 10.4 Å². The molecule has 3 heteroatoms. The Morgan fingerprint density at radius 2 is 1.62 bits per heavy atom. The number of hydrogen-bond acceptors (Lipinski definition) is 2. The van der Waals surface area contributed by atoms with E-state index in [1.165, 1.54) is 5.56 Å². The quantitative estimate of drug-likeness (QED) is 0.876. The molecule has 0 unspecified atom stereocenters. The van der Waals surface area contributed by atoms with Crippen LogP contribution in [0.25, 0.3) is 0 Å². The highest BCUT2D eigenvalue weighted by molar-refractivity contribution is 9.10. The molecule has 1 fully saturated rings. The zero-order valence-corrected chi connectivity index (χ0v) is 13.6. The van der Waals surface area contributed by atoms with Gasteiger partial charge in [0.25, 0.3) is 0 Å². The standard InChI is InChI=1S/C18H20BrNO/c19-16-6-8-17(9-7-16)21-18(14-4-2-1-3-5-14)15-10-12-20-13-11-15/h1-9,15,18,20H,10-13H2/t18-/m0/s1. The minimum absolute atomic E-state index is 0.134. The normalized spacial score (nSPS) is 17.4. The van der Waals surface area contributed by atoms with Gasteiger partial charge in [0.15, 0.2) is 0 Å². The van der Waals surface area contributed by atoms with Gasteiger partial charge < -0.3 is 10.1 Å². The highest BCUT2D eigenvalue weighted by atomic mass is 79.9. The van der Waals surface area contributed by atoms with Crippen molar-refractivity contribution in [2.45, 2.75) is 18.9 Å². The minimum Gasteiger partial charge on any atom is -0.485 e. The molecule has 0 spiro atoms. The second kappa shape index (κ2) is 7.10. The molecule has 1 heterocycles. The number of halogens is 1. The highest BCUT2D eigenvalue weighted by Gasteiger charge is 2.26. The van der Waals surface area contributed by atoms with Crippen LogP contribution in [0.5, 0.6) is 5.75 Å². The summed E-state index contributed by atoms with van der Waals surface area (Å²) in [6, 6.07) is 18.7. The lowest BCUT2D eigenvalue weighted by atomic mass is 9.88. The van der Waals surface area contributed by atoms with Crippen LogP contribution in [0.4, 0.5) is 0 Å². The lowest BCUT2D eigenvalue weighted by molar-refractivity contribution is 0.112. The maximum Gasteiger partial charge on any atom is 0.127 e. The van der Waals surface area contributed by atoms with Crippen LogP contribution in [-0.2, 0) is 0 Å². The zero-order valence-electron chi connectivity index (χ0n) is 12.0. The summed E-state index contributed by atoms with van der Waals surface area (Å²) in [5.41, 5.74) is 1.27. The molecule has 2 aromatic rings. The Bertz CT molecular complexity index is 549. The van der Waals surface area contributed by atoms with Gasteiger partial charge in [0.1, 0.15) is 11.9 Å². The topological polar surface area (TPSA) is 21.3 Å². The predicted octanol–water partition coefficient (Wildman–Crippen LogP) is 4.57. The third-order valence-corrected chi connectivity index (χ3v) is 4.55. The Labute approximate surface area is 134 Å². The van der Waals surface area contributed by atoms with E-state index in [-0.39, 0.29) is 6.10 Å². The largest absolute Gasteiger partial charge is 0.485 e. The van der Waals surface area contributed by atoms with Gasteiger partial charge in [-0.3, -0.25) is 0 Å². The fourth-order valence-corrected chi connectivity index (χ4v) is 3.15. The van der Waals surface area contributed by atoms with Crippen LogP contribution in [0.15, 0.2) is 59.1 Å². The number of nitrogens with one attached hydrogen (secondary N) is 1. The van der Waals surface area contributed by atoms with Crippen molar-refractivity contribution in [3.63, 3.8) is 0 Å². The van der Waals surface area contributed by atoms with E-state index >= 15 is 0 Å². The molecule has 0 aliphatic carbocycles. The summed E-state index contributed by atoms with van der Waals surface area (Å²) in [6.07, 6.45) is 2.46. The SMILES string of the molecule is Brc1ccc(O[C@@H](c2ccccc2)C2CCNCC2)cc1. The Hall–Kier alpha value is -1.32. The van der Waals surface area contributed by atoms with Crippen molar-refractivity contribution in [3.05, 3.63) is 64.6 Å². The summed E-state index contributed by atoms with van der Waals surface area (Å²) < 4.78 is 7.42. The summed E-state index contributed by atoms with van der Waals surface area (Å²) in [6.45, 7) is 2.16. The number of hydrogen-bond donors (Lipinski definition) is 1. The van der Waals surface area contributed by atoms with Gasteiger partial charge in [0.05, 0.1) is 0 Å². The van der Waals surface area contributed by atoms with E-state index in [1.54, 1.807) is 0 Å². The molecule has 2 aromatic carbocycles. The molecule has 0 amide bonds. The first-order valence-corrected chi connectivity index (χ1v) is 8.30. The average molecular weight is 346 g/mol. The smallest absolute Gasteiger partial charge is 0.127 e. The average Bonchev–Trinajstić information content (AvgIpc) is 2.56. The molecule has 110 valence electrons. The van der Waals surface area contributed by atoms with E-state index in [2.05, 4.69) is 51.6 Å². The summed E-state index contributed by atoms with van der Waals surface area (Å²) in [5, 5.41) is 3.43. The molecule has 0 aromatic heterocycles. The molecule has 1 aliphatic heterocycles. The van der Waals surface area contributed by atoms with Crippen LogP contribution in [-0.4, -0.2) is 13.1 Å². The van der Waals surface area contributed by atoms with E-state index in [0.29, 0.717) is 5.92 Å². The van der Waals surface area contributed by atoms with Crippen molar-refractivity contribution < 1.29 is 4.74 Å². The lowest BCUT2D eigenvalue weighted by Gasteiger charge is -2.31. The van der Waals surface area contributed by atoms with E-state index < -0.39 is 0 Å². The van der Waals surface area contributed by atoms with Crippen molar-refractivity contribution in [1.29, 1.82) is 0 Å². The maximum atomic E-state index is 6.35. The molecular formula is C18H20BrNO. The van der Waals surface area contributed by atoms with Gasteiger partial charge in [-0.25, -0.2) is 0 Å². The summed E-state index contributed by atoms with van der Waals surface area (Å²) in [7, 11) is 0. The first-order valence-electron chi connectivity index (χ1n) is 7.51. The van der Waals surface area contributed by atoms with Crippen LogP contribution in [0, 0.1) is 5.92 Å². The third kappa shape index (κ3) is 3.86.